The van der Waals surface area contributed by atoms with Crippen molar-refractivity contribution in [1.82, 2.24) is 14.8 Å². The zero-order chi connectivity index (χ0) is 12.1. The van der Waals surface area contributed by atoms with Crippen LogP contribution in [0.3, 0.4) is 0 Å². The second-order valence-corrected chi connectivity index (χ2v) is 4.83. The van der Waals surface area contributed by atoms with E-state index in [0.29, 0.717) is 0 Å². The lowest BCUT2D eigenvalue weighted by atomic mass is 10.1. The molecular formula is C14H23N3. The topological polar surface area (TPSA) is 20.2 Å². The van der Waals surface area contributed by atoms with E-state index in [9.17, 15) is 0 Å². The number of hydrogen-bond donors (Lipinski definition) is 1. The molecule has 0 radical (unpaired) electrons. The molecule has 0 atom stereocenters. The third-order valence-corrected chi connectivity index (χ3v) is 3.39. The molecule has 1 N–H and O–H groups in total. The number of piperazine rings is 1. The molecule has 17 heavy (non-hydrogen) atoms. The van der Waals surface area contributed by atoms with Crippen LogP contribution in [-0.2, 0) is 7.05 Å². The van der Waals surface area contributed by atoms with Gasteiger partial charge in [0.15, 0.2) is 0 Å². The van der Waals surface area contributed by atoms with Gasteiger partial charge in [0, 0.05) is 52.2 Å². The van der Waals surface area contributed by atoms with Crippen molar-refractivity contribution in [2.24, 2.45) is 7.05 Å². The van der Waals surface area contributed by atoms with Crippen molar-refractivity contribution in [3.8, 4) is 0 Å². The Bertz CT molecular complexity index is 373. The minimum atomic E-state index is 1.14. The summed E-state index contributed by atoms with van der Waals surface area (Å²) in [5.41, 5.74) is 2.73. The summed E-state index contributed by atoms with van der Waals surface area (Å²) in [6.07, 6.45) is 7.79. The Morgan fingerprint density at radius 1 is 1.41 bits per heavy atom. The maximum atomic E-state index is 3.38. The van der Waals surface area contributed by atoms with Crippen molar-refractivity contribution in [3.05, 3.63) is 30.1 Å². The fourth-order valence-corrected chi connectivity index (χ4v) is 2.25. The molecule has 3 heteroatoms. The van der Waals surface area contributed by atoms with E-state index in [2.05, 4.69) is 53.3 Å². The molecule has 0 aliphatic carbocycles. The van der Waals surface area contributed by atoms with E-state index in [1.807, 2.05) is 0 Å². The van der Waals surface area contributed by atoms with Crippen LogP contribution < -0.4 is 5.32 Å². The summed E-state index contributed by atoms with van der Waals surface area (Å²) < 4.78 is 2.10. The molecule has 1 aliphatic rings. The van der Waals surface area contributed by atoms with Gasteiger partial charge < -0.3 is 14.8 Å². The van der Waals surface area contributed by atoms with Crippen molar-refractivity contribution >= 4 is 5.57 Å². The van der Waals surface area contributed by atoms with Gasteiger partial charge in [0.25, 0.3) is 0 Å². The molecule has 1 fully saturated rings. The number of aryl methyl sites for hydroxylation is 1. The van der Waals surface area contributed by atoms with Gasteiger partial charge >= 0.3 is 0 Å². The van der Waals surface area contributed by atoms with Crippen LogP contribution in [-0.4, -0.2) is 42.2 Å². The molecule has 1 aromatic heterocycles. The first-order valence-electron chi connectivity index (χ1n) is 6.48. The molecule has 0 saturated carbocycles. The van der Waals surface area contributed by atoms with Gasteiger partial charge in [-0.3, -0.25) is 0 Å². The number of hydrogen-bond acceptors (Lipinski definition) is 2. The van der Waals surface area contributed by atoms with Crippen molar-refractivity contribution in [2.75, 3.05) is 32.7 Å². The molecule has 1 aromatic rings. The predicted molar refractivity (Wildman–Crippen MR) is 73.0 cm³/mol. The highest BCUT2D eigenvalue weighted by atomic mass is 15.2. The molecule has 2 rings (SSSR count). The van der Waals surface area contributed by atoms with Gasteiger partial charge in [0.05, 0.1) is 0 Å². The van der Waals surface area contributed by atoms with Gasteiger partial charge in [0.1, 0.15) is 0 Å². The molecule has 1 saturated heterocycles. The van der Waals surface area contributed by atoms with E-state index in [0.717, 1.165) is 19.5 Å². The summed E-state index contributed by atoms with van der Waals surface area (Å²) in [6.45, 7) is 8.05. The smallest absolute Gasteiger partial charge is 0.0107 e. The average molecular weight is 233 g/mol. The predicted octanol–water partition coefficient (Wildman–Crippen LogP) is 1.72. The zero-order valence-corrected chi connectivity index (χ0v) is 10.9. The van der Waals surface area contributed by atoms with Crippen molar-refractivity contribution in [2.45, 2.75) is 13.3 Å². The Morgan fingerprint density at radius 2 is 2.18 bits per heavy atom. The van der Waals surface area contributed by atoms with Crippen LogP contribution in [0.5, 0.6) is 0 Å². The molecule has 2 heterocycles. The first kappa shape index (κ1) is 12.4. The molecule has 0 spiro atoms. The van der Waals surface area contributed by atoms with Crippen molar-refractivity contribution in [1.29, 1.82) is 0 Å². The highest BCUT2D eigenvalue weighted by Crippen LogP contribution is 2.14. The Morgan fingerprint density at radius 3 is 2.82 bits per heavy atom. The van der Waals surface area contributed by atoms with Crippen LogP contribution in [0.25, 0.3) is 5.57 Å². The Hall–Kier alpha value is -1.06. The van der Waals surface area contributed by atoms with E-state index >= 15 is 0 Å². The standard InChI is InChI=1S/C14H23N3/c1-13(14-5-9-16(2)12-14)4-3-8-17-10-6-15-7-11-17/h4-5,9,12,15H,3,6-8,10-11H2,1-2H3/b13-4+. The lowest BCUT2D eigenvalue weighted by Crippen LogP contribution is -2.43. The highest BCUT2D eigenvalue weighted by molar-refractivity contribution is 5.62. The Balaban J connectivity index is 1.79. The molecule has 1 aliphatic heterocycles. The van der Waals surface area contributed by atoms with E-state index in [-0.39, 0.29) is 0 Å². The first-order chi connectivity index (χ1) is 8.25. The second-order valence-electron chi connectivity index (χ2n) is 4.83. The van der Waals surface area contributed by atoms with Gasteiger partial charge in [-0.2, -0.15) is 0 Å². The third kappa shape index (κ3) is 3.72. The van der Waals surface area contributed by atoms with Crippen LogP contribution in [0.2, 0.25) is 0 Å². The van der Waals surface area contributed by atoms with E-state index in [4.69, 9.17) is 0 Å². The monoisotopic (exact) mass is 233 g/mol. The van der Waals surface area contributed by atoms with Gasteiger partial charge in [-0.1, -0.05) is 6.08 Å². The number of aromatic nitrogens is 1. The number of allylic oxidation sites excluding steroid dienone is 1. The molecule has 94 valence electrons. The maximum absolute atomic E-state index is 3.38. The molecule has 0 bridgehead atoms. The summed E-state index contributed by atoms with van der Waals surface area (Å²) >= 11 is 0. The fourth-order valence-electron chi connectivity index (χ4n) is 2.25. The van der Waals surface area contributed by atoms with Gasteiger partial charge in [-0.05, 0) is 30.5 Å². The van der Waals surface area contributed by atoms with Crippen LogP contribution >= 0.6 is 0 Å². The number of nitrogens with one attached hydrogen (secondary N) is 1. The minimum absolute atomic E-state index is 1.14. The van der Waals surface area contributed by atoms with Crippen LogP contribution in [0.15, 0.2) is 24.5 Å². The Labute approximate surface area is 104 Å². The summed E-state index contributed by atoms with van der Waals surface area (Å²) in [5.74, 6) is 0. The number of rotatable bonds is 4. The number of nitrogens with zero attached hydrogens (tertiary/aromatic N) is 2. The fraction of sp³-hybridized carbons (Fsp3) is 0.571. The van der Waals surface area contributed by atoms with Crippen LogP contribution in [0.1, 0.15) is 18.9 Å². The summed E-state index contributed by atoms with van der Waals surface area (Å²) in [6, 6.07) is 2.18. The third-order valence-electron chi connectivity index (χ3n) is 3.39. The largest absolute Gasteiger partial charge is 0.357 e. The van der Waals surface area contributed by atoms with Gasteiger partial charge in [-0.25, -0.2) is 0 Å². The second kappa shape index (κ2) is 6.03. The van der Waals surface area contributed by atoms with Crippen LogP contribution in [0, 0.1) is 0 Å². The lowest BCUT2D eigenvalue weighted by molar-refractivity contribution is 0.245. The minimum Gasteiger partial charge on any atom is -0.357 e. The molecule has 0 amide bonds. The quantitative estimate of drug-likeness (QED) is 0.854. The molecule has 3 nitrogen and oxygen atoms in total. The van der Waals surface area contributed by atoms with Gasteiger partial charge in [0.2, 0.25) is 0 Å². The van der Waals surface area contributed by atoms with E-state index in [1.165, 1.54) is 30.8 Å². The first-order valence-corrected chi connectivity index (χ1v) is 6.48. The molecular weight excluding hydrogens is 210 g/mol. The molecule has 0 aromatic carbocycles. The zero-order valence-electron chi connectivity index (χ0n) is 10.9. The van der Waals surface area contributed by atoms with Crippen LogP contribution in [0.4, 0.5) is 0 Å². The maximum Gasteiger partial charge on any atom is 0.0107 e. The SMILES string of the molecule is C/C(=C\CCN1CCNCC1)c1ccn(C)c1. The average Bonchev–Trinajstić information content (AvgIpc) is 2.77. The Kier molecular flexibility index (Phi) is 4.40. The summed E-state index contributed by atoms with van der Waals surface area (Å²) in [4.78, 5) is 2.53. The highest BCUT2D eigenvalue weighted by Gasteiger charge is 2.07. The van der Waals surface area contributed by atoms with Crippen molar-refractivity contribution < 1.29 is 0 Å². The lowest BCUT2D eigenvalue weighted by Gasteiger charge is -2.26. The van der Waals surface area contributed by atoms with E-state index in [1.54, 1.807) is 0 Å². The normalized spacial score (nSPS) is 18.6. The van der Waals surface area contributed by atoms with E-state index < -0.39 is 0 Å². The van der Waals surface area contributed by atoms with Crippen molar-refractivity contribution in [3.63, 3.8) is 0 Å². The molecule has 0 unspecified atom stereocenters. The summed E-state index contributed by atoms with van der Waals surface area (Å²) in [7, 11) is 2.07. The summed E-state index contributed by atoms with van der Waals surface area (Å²) in [5, 5.41) is 3.38. The van der Waals surface area contributed by atoms with Gasteiger partial charge in [-0.15, -0.1) is 0 Å².